The number of aromatic nitrogens is 2. The number of alkyl halides is 1. The van der Waals surface area contributed by atoms with E-state index < -0.39 is 35.9 Å². The molecule has 3 aliphatic heterocycles. The fourth-order valence-electron chi connectivity index (χ4n) is 7.76. The topological polar surface area (TPSA) is 99.0 Å². The summed E-state index contributed by atoms with van der Waals surface area (Å²) < 4.78 is 52.3. The number of aryl methyl sites for hydroxylation is 1. The van der Waals surface area contributed by atoms with E-state index in [0.29, 0.717) is 71.9 Å². The van der Waals surface area contributed by atoms with Crippen LogP contribution >= 0.6 is 0 Å². The Hall–Kier alpha value is -3.96. The third-order valence-electron chi connectivity index (χ3n) is 9.91. The van der Waals surface area contributed by atoms with E-state index in [-0.39, 0.29) is 35.4 Å². The van der Waals surface area contributed by atoms with Gasteiger partial charge in [-0.15, -0.1) is 0 Å². The van der Waals surface area contributed by atoms with Gasteiger partial charge in [0.1, 0.15) is 36.5 Å². The maximum Gasteiger partial charge on any atom is 0.317 e. The number of benzene rings is 3. The van der Waals surface area contributed by atoms with Crippen molar-refractivity contribution in [3.8, 4) is 22.9 Å². The summed E-state index contributed by atoms with van der Waals surface area (Å²) in [5.41, 5.74) is 0.948. The largest absolute Gasteiger partial charge is 0.508 e. The molecular weight excluding hydrogens is 585 g/mol. The number of carbonyl (C=O) groups is 1. The van der Waals surface area contributed by atoms with Gasteiger partial charge in [0.15, 0.2) is 5.82 Å². The van der Waals surface area contributed by atoms with Gasteiger partial charge >= 0.3 is 6.01 Å². The van der Waals surface area contributed by atoms with E-state index in [1.54, 1.807) is 23.1 Å². The first kappa shape index (κ1) is 29.7. The Balaban J connectivity index is 1.36. The van der Waals surface area contributed by atoms with E-state index in [1.165, 1.54) is 18.2 Å². The molecule has 0 spiro atoms. The van der Waals surface area contributed by atoms with E-state index in [4.69, 9.17) is 9.72 Å². The summed E-state index contributed by atoms with van der Waals surface area (Å²) >= 11 is 0. The maximum atomic E-state index is 16.8. The number of likely N-dealkylation sites (tertiary alicyclic amines) is 1. The Labute approximate surface area is 258 Å². The van der Waals surface area contributed by atoms with Gasteiger partial charge in [-0.1, -0.05) is 25.1 Å². The van der Waals surface area contributed by atoms with Crippen molar-refractivity contribution < 1.29 is 32.9 Å². The van der Waals surface area contributed by atoms with E-state index in [2.05, 4.69) is 9.88 Å². The molecule has 0 saturated carbocycles. The summed E-state index contributed by atoms with van der Waals surface area (Å²) in [6.07, 6.45) is 2.06. The lowest BCUT2D eigenvalue weighted by molar-refractivity contribution is -0.133. The van der Waals surface area contributed by atoms with Gasteiger partial charge < -0.3 is 19.8 Å². The molecule has 3 aliphatic rings. The number of aliphatic hydroxyl groups is 1. The van der Waals surface area contributed by atoms with Crippen LogP contribution in [0.5, 0.6) is 11.8 Å². The van der Waals surface area contributed by atoms with Crippen LogP contribution in [0.4, 0.5) is 13.2 Å². The number of carbonyl (C=O) groups excluding carboxylic acids is 1. The number of hydrogen-bond donors (Lipinski definition) is 2. The molecule has 3 saturated heterocycles. The van der Waals surface area contributed by atoms with Crippen LogP contribution in [-0.2, 0) is 11.2 Å². The number of aromatic hydroxyl groups is 1. The van der Waals surface area contributed by atoms with E-state index >= 15 is 4.39 Å². The minimum absolute atomic E-state index is 0.000877. The number of phenols is 1. The van der Waals surface area contributed by atoms with E-state index in [1.807, 2.05) is 6.92 Å². The summed E-state index contributed by atoms with van der Waals surface area (Å²) in [4.78, 5) is 25.2. The van der Waals surface area contributed by atoms with Gasteiger partial charge in [0.2, 0.25) is 5.91 Å². The van der Waals surface area contributed by atoms with Crippen LogP contribution in [0.3, 0.4) is 0 Å². The predicted molar refractivity (Wildman–Crippen MR) is 163 cm³/mol. The fraction of sp³-hybridized carbons (Fsp3) is 0.441. The lowest BCUT2D eigenvalue weighted by atomic mass is 9.91. The Morgan fingerprint density at radius 3 is 2.76 bits per heavy atom. The van der Waals surface area contributed by atoms with E-state index in [9.17, 15) is 23.8 Å². The van der Waals surface area contributed by atoms with Crippen LogP contribution in [0, 0.1) is 11.6 Å². The number of fused-ring (bicyclic) bond motifs is 3. The number of aliphatic hydroxyl groups excluding tert-OH is 1. The highest BCUT2D eigenvalue weighted by atomic mass is 19.1. The summed E-state index contributed by atoms with van der Waals surface area (Å²) in [5, 5.41) is 21.5. The smallest absolute Gasteiger partial charge is 0.317 e. The highest BCUT2D eigenvalue weighted by Gasteiger charge is 2.49. The minimum atomic E-state index is -0.939. The van der Waals surface area contributed by atoms with Crippen LogP contribution in [-0.4, -0.2) is 87.0 Å². The second-order valence-corrected chi connectivity index (χ2v) is 12.5. The van der Waals surface area contributed by atoms with Gasteiger partial charge in [-0.05, 0) is 72.3 Å². The summed E-state index contributed by atoms with van der Waals surface area (Å²) in [6.45, 7) is 3.25. The molecule has 1 unspecified atom stereocenters. The number of halogens is 3. The Kier molecular flexibility index (Phi) is 7.56. The summed E-state index contributed by atoms with van der Waals surface area (Å²) in [6, 6.07) is 9.13. The van der Waals surface area contributed by atoms with Crippen LogP contribution in [0.2, 0.25) is 0 Å². The lowest BCUT2D eigenvalue weighted by Crippen LogP contribution is -2.43. The van der Waals surface area contributed by atoms with Crippen molar-refractivity contribution in [3.05, 3.63) is 59.3 Å². The van der Waals surface area contributed by atoms with Crippen molar-refractivity contribution in [2.24, 2.45) is 0 Å². The van der Waals surface area contributed by atoms with Gasteiger partial charge in [0.05, 0.1) is 11.2 Å². The number of rotatable bonds is 7. The highest BCUT2D eigenvalue weighted by Crippen LogP contribution is 2.42. The molecule has 3 aromatic carbocycles. The molecule has 8 nitrogen and oxygen atoms in total. The first-order valence-corrected chi connectivity index (χ1v) is 15.6. The van der Waals surface area contributed by atoms with Gasteiger partial charge in [-0.2, -0.15) is 9.97 Å². The van der Waals surface area contributed by atoms with Crippen LogP contribution in [0.15, 0.2) is 36.4 Å². The summed E-state index contributed by atoms with van der Waals surface area (Å²) in [5.74, 6) is -1.82. The van der Waals surface area contributed by atoms with Crippen LogP contribution in [0.25, 0.3) is 32.8 Å². The molecule has 3 fully saturated rings. The van der Waals surface area contributed by atoms with Gasteiger partial charge in [-0.3, -0.25) is 9.69 Å². The first-order chi connectivity index (χ1) is 21.7. The molecule has 0 bridgehead atoms. The number of phenolic OH excluding ortho intramolecular Hbond substituents is 1. The Morgan fingerprint density at radius 1 is 1.11 bits per heavy atom. The molecular formula is C34H35F3N4O4. The molecule has 7 rings (SSSR count). The zero-order valence-electron chi connectivity index (χ0n) is 25.0. The molecule has 0 aliphatic carbocycles. The van der Waals surface area contributed by atoms with Crippen molar-refractivity contribution in [1.29, 1.82) is 0 Å². The second-order valence-electron chi connectivity index (χ2n) is 12.5. The molecule has 0 radical (unpaired) electrons. The number of ether oxygens (including phenoxy) is 1. The lowest BCUT2D eigenvalue weighted by Gasteiger charge is -2.30. The van der Waals surface area contributed by atoms with Crippen LogP contribution in [0.1, 0.15) is 49.8 Å². The molecule has 3 atom stereocenters. The molecule has 2 N–H and O–H groups in total. The minimum Gasteiger partial charge on any atom is -0.508 e. The molecule has 236 valence electrons. The molecule has 1 aromatic heterocycles. The zero-order chi connectivity index (χ0) is 31.5. The number of nitrogens with zero attached hydrogens (tertiary/aromatic N) is 4. The van der Waals surface area contributed by atoms with Crippen molar-refractivity contribution in [3.63, 3.8) is 0 Å². The highest BCUT2D eigenvalue weighted by molar-refractivity contribution is 6.02. The quantitative estimate of drug-likeness (QED) is 0.291. The molecule has 4 heterocycles. The van der Waals surface area contributed by atoms with Crippen molar-refractivity contribution in [2.45, 2.75) is 56.7 Å². The zero-order valence-corrected chi connectivity index (χ0v) is 25.0. The SMILES string of the molecule is CCc1c(F)ccc2cc(O)cc(-c3ccc4c(C5CCN(C(=O)CO)C5)nc(OC[C@@]56CCCN5C[C@H](F)C6)nc4c3F)c12. The van der Waals surface area contributed by atoms with Crippen molar-refractivity contribution >= 4 is 27.6 Å². The Morgan fingerprint density at radius 2 is 1.96 bits per heavy atom. The van der Waals surface area contributed by atoms with Gasteiger partial charge in [-0.25, -0.2) is 13.2 Å². The molecule has 4 aromatic rings. The van der Waals surface area contributed by atoms with Crippen LogP contribution < -0.4 is 4.74 Å². The molecule has 45 heavy (non-hydrogen) atoms. The van der Waals surface area contributed by atoms with Crippen molar-refractivity contribution in [1.82, 2.24) is 19.8 Å². The van der Waals surface area contributed by atoms with Gasteiger partial charge in [0, 0.05) is 42.9 Å². The van der Waals surface area contributed by atoms with Gasteiger partial charge in [0.25, 0.3) is 0 Å². The number of amides is 1. The molecule has 1 amide bonds. The number of hydrogen-bond acceptors (Lipinski definition) is 7. The standard InChI is InChI=1S/C34H35F3N4O4/c1-2-23-27(36)7-4-19-12-22(43)13-26(29(19)23)24-5-6-25-31(20-8-11-40(15-20)28(44)17-42)38-33(39-32(25)30(24)37)45-18-34-9-3-10-41(34)16-21(35)14-34/h4-7,12-13,20-21,42-43H,2-3,8-11,14-18H2,1H3/t20?,21-,34+/m1/s1. The average Bonchev–Trinajstić information content (AvgIpc) is 3.74. The summed E-state index contributed by atoms with van der Waals surface area (Å²) in [7, 11) is 0. The third-order valence-corrected chi connectivity index (χ3v) is 9.91. The fourth-order valence-corrected chi connectivity index (χ4v) is 7.76. The van der Waals surface area contributed by atoms with E-state index in [0.717, 1.165) is 19.4 Å². The first-order valence-electron chi connectivity index (χ1n) is 15.6. The Bertz CT molecular complexity index is 1820. The third kappa shape index (κ3) is 5.06. The second kappa shape index (κ2) is 11.4. The molecule has 11 heteroatoms. The average molecular weight is 621 g/mol. The van der Waals surface area contributed by atoms with Crippen molar-refractivity contribution in [2.75, 3.05) is 39.4 Å². The monoisotopic (exact) mass is 620 g/mol. The predicted octanol–water partition coefficient (Wildman–Crippen LogP) is 5.26. The normalized spacial score (nSPS) is 23.4. The maximum absolute atomic E-state index is 16.8.